The summed E-state index contributed by atoms with van der Waals surface area (Å²) in [5.74, 6) is 0. The molecule has 0 saturated carbocycles. The third kappa shape index (κ3) is 24.1. The van der Waals surface area contributed by atoms with Gasteiger partial charge in [0.15, 0.2) is 0 Å². The number of hydrogen-bond donors (Lipinski definition) is 0. The normalized spacial score (nSPS) is 7.50. The standard InChI is InChI=1S/2C7H7.3C5H5.2Co.Rh/c2*1-7-5-3-2-4-6-7;3*1-2-4-5-3-1;;;/h2*2-6H,1H2;3*1-5H;;;/q2*-1;-5;2*-1;;;. The molecule has 0 aliphatic rings. The van der Waals surface area contributed by atoms with Gasteiger partial charge in [-0.1, -0.05) is 12.1 Å². The zero-order chi connectivity index (χ0) is 20.8. The van der Waals surface area contributed by atoms with E-state index in [0.29, 0.717) is 0 Å². The van der Waals surface area contributed by atoms with Gasteiger partial charge in [-0.2, -0.15) is 85.6 Å². The van der Waals surface area contributed by atoms with E-state index in [2.05, 4.69) is 13.8 Å². The Labute approximate surface area is 228 Å². The van der Waals surface area contributed by atoms with Crippen LogP contribution in [0.1, 0.15) is 11.1 Å². The molecule has 3 radical (unpaired) electrons. The molecule has 0 atom stereocenters. The van der Waals surface area contributed by atoms with Gasteiger partial charge < -0.3 is 30.3 Å². The van der Waals surface area contributed by atoms with Crippen molar-refractivity contribution in [3.8, 4) is 0 Å². The summed E-state index contributed by atoms with van der Waals surface area (Å²) < 4.78 is 0. The van der Waals surface area contributed by atoms with E-state index >= 15 is 0 Å². The van der Waals surface area contributed by atoms with Crippen molar-refractivity contribution in [2.24, 2.45) is 0 Å². The van der Waals surface area contributed by atoms with Crippen LogP contribution < -0.4 is 0 Å². The Morgan fingerprint density at radius 3 is 0.781 bits per heavy atom. The Kier molecular flexibility index (Phi) is 29.0. The number of benzene rings is 2. The molecule has 0 heterocycles. The second-order valence-electron chi connectivity index (χ2n) is 5.86. The van der Waals surface area contributed by atoms with Gasteiger partial charge in [-0.15, -0.1) is 24.3 Å². The van der Waals surface area contributed by atoms with Crippen LogP contribution in [0.3, 0.4) is 0 Å². The number of hydrogen-bond acceptors (Lipinski definition) is 0. The molecule has 0 aliphatic carbocycles. The molecule has 0 aliphatic heterocycles. The van der Waals surface area contributed by atoms with E-state index in [1.807, 2.05) is 152 Å². The van der Waals surface area contributed by atoms with Crippen LogP contribution in [0, 0.1) is 13.8 Å². The van der Waals surface area contributed by atoms with E-state index in [4.69, 9.17) is 0 Å². The second-order valence-corrected chi connectivity index (χ2v) is 5.86. The van der Waals surface area contributed by atoms with E-state index in [1.54, 1.807) is 0 Å². The maximum absolute atomic E-state index is 3.72. The summed E-state index contributed by atoms with van der Waals surface area (Å²) in [4.78, 5) is 0. The minimum Gasteiger partial charge on any atom is -0.748 e. The molecule has 0 nitrogen and oxygen atoms in total. The van der Waals surface area contributed by atoms with Gasteiger partial charge in [-0.3, -0.25) is 0 Å². The minimum absolute atomic E-state index is 0. The summed E-state index contributed by atoms with van der Waals surface area (Å²) in [6.07, 6.45) is 0. The van der Waals surface area contributed by atoms with Gasteiger partial charge in [0.1, 0.15) is 0 Å². The average Bonchev–Trinajstić information content (AvgIpc) is 3.58. The molecule has 0 amide bonds. The van der Waals surface area contributed by atoms with Gasteiger partial charge in [0, 0.05) is 53.0 Å². The van der Waals surface area contributed by atoms with Crippen molar-refractivity contribution < 1.29 is 53.0 Å². The van der Waals surface area contributed by atoms with Crippen molar-refractivity contribution >= 4 is 0 Å². The van der Waals surface area contributed by atoms with Gasteiger partial charge in [0.2, 0.25) is 0 Å². The maximum Gasteiger partial charge on any atom is 0 e. The van der Waals surface area contributed by atoms with Crippen molar-refractivity contribution in [1.82, 2.24) is 0 Å². The molecule has 5 rings (SSSR count). The van der Waals surface area contributed by atoms with Crippen LogP contribution in [0.15, 0.2) is 152 Å². The summed E-state index contributed by atoms with van der Waals surface area (Å²) >= 11 is 0. The fourth-order valence-electron chi connectivity index (χ4n) is 1.92. The number of rotatable bonds is 0. The SMILES string of the molecule is [CH2-]c1ccccc1.[CH2-]c1ccccc1.[Co].[Co].[Rh].[cH-]1[cH-][cH-][cH-][cH-]1.c1cc[cH-]c1.c1cc[cH-]c1. The molecule has 5 aromatic carbocycles. The third-order valence-corrected chi connectivity index (χ3v) is 3.35. The fourth-order valence-corrected chi connectivity index (χ4v) is 1.92. The van der Waals surface area contributed by atoms with Crippen molar-refractivity contribution in [1.29, 1.82) is 0 Å². The summed E-state index contributed by atoms with van der Waals surface area (Å²) in [5.41, 5.74) is 2.14. The molecular weight excluding hydrogens is 569 g/mol. The molecule has 0 saturated heterocycles. The van der Waals surface area contributed by atoms with Crippen molar-refractivity contribution in [2.75, 3.05) is 0 Å². The summed E-state index contributed by atoms with van der Waals surface area (Å²) in [6, 6.07) is 49.7. The molecule has 5 aromatic rings. The zero-order valence-corrected chi connectivity index (χ0v) is 21.6. The first-order chi connectivity index (χ1) is 14.3. The molecule has 0 N–H and O–H groups in total. The maximum atomic E-state index is 3.72. The molecule has 32 heavy (non-hydrogen) atoms. The topological polar surface area (TPSA) is 0 Å². The summed E-state index contributed by atoms with van der Waals surface area (Å²) in [5, 5.41) is 0. The first-order valence-corrected chi connectivity index (χ1v) is 9.53. The van der Waals surface area contributed by atoms with Crippen molar-refractivity contribution in [2.45, 2.75) is 0 Å². The Balaban J connectivity index is -0.000000324. The van der Waals surface area contributed by atoms with Crippen molar-refractivity contribution in [3.05, 3.63) is 177 Å². The van der Waals surface area contributed by atoms with E-state index in [1.165, 1.54) is 0 Å². The Bertz CT molecular complexity index is 700. The van der Waals surface area contributed by atoms with Crippen LogP contribution in [-0.2, 0) is 53.0 Å². The summed E-state index contributed by atoms with van der Waals surface area (Å²) in [6.45, 7) is 7.44. The second kappa shape index (κ2) is 26.9. The van der Waals surface area contributed by atoms with Crippen LogP contribution >= 0.6 is 0 Å². The van der Waals surface area contributed by atoms with Gasteiger partial charge >= 0.3 is 0 Å². The van der Waals surface area contributed by atoms with E-state index < -0.39 is 0 Å². The smallest absolute Gasteiger partial charge is 0 e. The van der Waals surface area contributed by atoms with E-state index in [-0.39, 0.29) is 53.0 Å². The van der Waals surface area contributed by atoms with Gasteiger partial charge in [-0.25, -0.2) is 24.3 Å². The van der Waals surface area contributed by atoms with Crippen LogP contribution in [-0.4, -0.2) is 0 Å². The molecule has 0 unspecified atom stereocenters. The largest absolute Gasteiger partial charge is 0.748 e. The molecule has 0 aromatic heterocycles. The minimum atomic E-state index is 0. The van der Waals surface area contributed by atoms with Crippen LogP contribution in [0.2, 0.25) is 0 Å². The third-order valence-electron chi connectivity index (χ3n) is 3.35. The Hall–Kier alpha value is -2.13. The molecule has 0 spiro atoms. The van der Waals surface area contributed by atoms with E-state index in [9.17, 15) is 0 Å². The predicted octanol–water partition coefficient (Wildman–Crippen LogP) is 7.95. The average molecular weight is 598 g/mol. The zero-order valence-electron chi connectivity index (χ0n) is 17.8. The molecule has 181 valence electrons. The fraction of sp³-hybridized carbons (Fsp3) is 0. The van der Waals surface area contributed by atoms with Gasteiger partial charge in [0.05, 0.1) is 0 Å². The van der Waals surface area contributed by atoms with Gasteiger partial charge in [0.25, 0.3) is 0 Å². The van der Waals surface area contributed by atoms with Crippen LogP contribution in [0.4, 0.5) is 0 Å². The predicted molar refractivity (Wildman–Crippen MR) is 128 cm³/mol. The van der Waals surface area contributed by atoms with E-state index in [0.717, 1.165) is 11.1 Å². The monoisotopic (exact) mass is 598 g/mol. The Morgan fingerprint density at radius 2 is 0.656 bits per heavy atom. The first kappa shape index (κ1) is 34.5. The quantitative estimate of drug-likeness (QED) is 0.125. The Morgan fingerprint density at radius 1 is 0.406 bits per heavy atom. The van der Waals surface area contributed by atoms with Gasteiger partial charge in [-0.05, 0) is 0 Å². The molecule has 0 bridgehead atoms. The molecule has 0 fully saturated rings. The molecular formula is C29H29Co2Rh-9. The molecule has 3 heteroatoms. The van der Waals surface area contributed by atoms with Crippen LogP contribution in [0.5, 0.6) is 0 Å². The summed E-state index contributed by atoms with van der Waals surface area (Å²) in [7, 11) is 0. The first-order valence-electron chi connectivity index (χ1n) is 9.53. The van der Waals surface area contributed by atoms with Crippen LogP contribution in [0.25, 0.3) is 0 Å². The van der Waals surface area contributed by atoms with Crippen molar-refractivity contribution in [3.63, 3.8) is 0 Å².